The number of halogens is 1. The lowest BCUT2D eigenvalue weighted by molar-refractivity contribution is 0.133. The maximum atomic E-state index is 13.1. The smallest absolute Gasteiger partial charge is 0.123 e. The molecule has 2 rings (SSSR count). The third-order valence-electron chi connectivity index (χ3n) is 3.77. The molecule has 2 nitrogen and oxygen atoms in total. The summed E-state index contributed by atoms with van der Waals surface area (Å²) < 4.78 is 13.1. The van der Waals surface area contributed by atoms with Crippen molar-refractivity contribution in [2.45, 2.75) is 38.8 Å². The fourth-order valence-corrected chi connectivity index (χ4v) is 2.67. The summed E-state index contributed by atoms with van der Waals surface area (Å²) in [5, 5.41) is 3.52. The van der Waals surface area contributed by atoms with Gasteiger partial charge in [-0.15, -0.1) is 0 Å². The van der Waals surface area contributed by atoms with Gasteiger partial charge in [0, 0.05) is 31.7 Å². The van der Waals surface area contributed by atoms with Crippen LogP contribution in [0.3, 0.4) is 0 Å². The Morgan fingerprint density at radius 3 is 3.00 bits per heavy atom. The average molecular weight is 250 g/mol. The van der Waals surface area contributed by atoms with Crippen LogP contribution in [-0.2, 0) is 6.42 Å². The van der Waals surface area contributed by atoms with Gasteiger partial charge in [-0.25, -0.2) is 4.39 Å². The normalized spacial score (nSPS) is 25.3. The van der Waals surface area contributed by atoms with Crippen LogP contribution in [0.15, 0.2) is 24.3 Å². The van der Waals surface area contributed by atoms with Crippen LogP contribution in [0.5, 0.6) is 0 Å². The molecule has 1 fully saturated rings. The van der Waals surface area contributed by atoms with Crippen molar-refractivity contribution in [3.8, 4) is 0 Å². The number of benzene rings is 1. The highest BCUT2D eigenvalue weighted by Crippen LogP contribution is 2.12. The zero-order valence-electron chi connectivity index (χ0n) is 11.3. The van der Waals surface area contributed by atoms with Gasteiger partial charge in [0.2, 0.25) is 0 Å². The van der Waals surface area contributed by atoms with Crippen LogP contribution < -0.4 is 5.32 Å². The highest BCUT2D eigenvalue weighted by molar-refractivity contribution is 5.16. The second kappa shape index (κ2) is 6.30. The molecule has 100 valence electrons. The molecule has 1 aromatic carbocycles. The van der Waals surface area contributed by atoms with E-state index in [1.54, 1.807) is 12.1 Å². The Balaban J connectivity index is 1.91. The number of hydrogen-bond acceptors (Lipinski definition) is 2. The maximum Gasteiger partial charge on any atom is 0.123 e. The Hall–Kier alpha value is -0.930. The molecule has 0 aliphatic carbocycles. The monoisotopic (exact) mass is 250 g/mol. The lowest BCUT2D eigenvalue weighted by atomic mass is 10.1. The molecule has 18 heavy (non-hydrogen) atoms. The number of hydrogen-bond donors (Lipinski definition) is 1. The molecule has 1 aromatic rings. The van der Waals surface area contributed by atoms with Gasteiger partial charge in [-0.1, -0.05) is 19.1 Å². The molecule has 1 heterocycles. The summed E-state index contributed by atoms with van der Waals surface area (Å²) >= 11 is 0. The average Bonchev–Trinajstić information content (AvgIpc) is 2.37. The van der Waals surface area contributed by atoms with Crippen molar-refractivity contribution in [2.24, 2.45) is 0 Å². The first kappa shape index (κ1) is 13.5. The van der Waals surface area contributed by atoms with E-state index in [4.69, 9.17) is 0 Å². The van der Waals surface area contributed by atoms with Crippen molar-refractivity contribution >= 4 is 0 Å². The molecule has 0 aromatic heterocycles. The van der Waals surface area contributed by atoms with Gasteiger partial charge in [0.05, 0.1) is 0 Å². The Morgan fingerprint density at radius 2 is 2.28 bits per heavy atom. The molecule has 1 saturated heterocycles. The Labute approximate surface area is 109 Å². The predicted octanol–water partition coefficient (Wildman–Crippen LogP) is 2.44. The van der Waals surface area contributed by atoms with E-state index < -0.39 is 0 Å². The molecule has 0 radical (unpaired) electrons. The zero-order chi connectivity index (χ0) is 13.0. The van der Waals surface area contributed by atoms with Crippen molar-refractivity contribution in [3.05, 3.63) is 35.6 Å². The van der Waals surface area contributed by atoms with E-state index in [0.717, 1.165) is 31.6 Å². The molecule has 1 aliphatic rings. The number of rotatable bonds is 4. The van der Waals surface area contributed by atoms with Crippen LogP contribution in [0.4, 0.5) is 4.39 Å². The molecule has 2 atom stereocenters. The van der Waals surface area contributed by atoms with Gasteiger partial charge in [0.25, 0.3) is 0 Å². The first-order valence-electron chi connectivity index (χ1n) is 6.91. The molecule has 0 spiro atoms. The lowest BCUT2D eigenvalue weighted by Crippen LogP contribution is -2.55. The van der Waals surface area contributed by atoms with Crippen molar-refractivity contribution in [1.29, 1.82) is 0 Å². The van der Waals surface area contributed by atoms with Gasteiger partial charge in [-0.3, -0.25) is 4.90 Å². The Morgan fingerprint density at radius 1 is 1.44 bits per heavy atom. The molecule has 0 amide bonds. The number of nitrogens with one attached hydrogen (secondary N) is 1. The molecular weight excluding hydrogens is 227 g/mol. The molecule has 3 heteroatoms. The van der Waals surface area contributed by atoms with E-state index in [1.807, 2.05) is 6.07 Å². The predicted molar refractivity (Wildman–Crippen MR) is 73.2 cm³/mol. The summed E-state index contributed by atoms with van der Waals surface area (Å²) in [6.07, 6.45) is 2.10. The summed E-state index contributed by atoms with van der Waals surface area (Å²) in [5.74, 6) is -0.131. The van der Waals surface area contributed by atoms with E-state index in [1.165, 1.54) is 12.5 Å². The number of piperazine rings is 1. The van der Waals surface area contributed by atoms with Gasteiger partial charge in [-0.05, 0) is 37.5 Å². The Kier molecular flexibility index (Phi) is 4.72. The minimum absolute atomic E-state index is 0.131. The summed E-state index contributed by atoms with van der Waals surface area (Å²) in [4.78, 5) is 2.53. The third-order valence-corrected chi connectivity index (χ3v) is 3.77. The molecule has 0 bridgehead atoms. The fraction of sp³-hybridized carbons (Fsp3) is 0.600. The van der Waals surface area contributed by atoms with Crippen LogP contribution in [0.25, 0.3) is 0 Å². The van der Waals surface area contributed by atoms with Crippen LogP contribution in [-0.4, -0.2) is 36.6 Å². The maximum absolute atomic E-state index is 13.1. The van der Waals surface area contributed by atoms with E-state index in [0.29, 0.717) is 12.1 Å². The van der Waals surface area contributed by atoms with E-state index in [9.17, 15) is 4.39 Å². The van der Waals surface area contributed by atoms with Crippen LogP contribution >= 0.6 is 0 Å². The minimum Gasteiger partial charge on any atom is -0.311 e. The van der Waals surface area contributed by atoms with Gasteiger partial charge in [0.1, 0.15) is 5.82 Å². The highest BCUT2D eigenvalue weighted by atomic mass is 19.1. The van der Waals surface area contributed by atoms with Crippen molar-refractivity contribution in [3.63, 3.8) is 0 Å². The lowest BCUT2D eigenvalue weighted by Gasteiger charge is -2.39. The van der Waals surface area contributed by atoms with Crippen molar-refractivity contribution in [2.75, 3.05) is 19.6 Å². The van der Waals surface area contributed by atoms with Gasteiger partial charge >= 0.3 is 0 Å². The van der Waals surface area contributed by atoms with E-state index >= 15 is 0 Å². The second-order valence-corrected chi connectivity index (χ2v) is 5.25. The van der Waals surface area contributed by atoms with Crippen molar-refractivity contribution < 1.29 is 4.39 Å². The highest BCUT2D eigenvalue weighted by Gasteiger charge is 2.23. The SMILES string of the molecule is CCC1CNC(C)CN1CCc1cccc(F)c1. The van der Waals surface area contributed by atoms with Gasteiger partial charge in [-0.2, -0.15) is 0 Å². The molecule has 1 aliphatic heterocycles. The van der Waals surface area contributed by atoms with Crippen molar-refractivity contribution in [1.82, 2.24) is 10.2 Å². The Bertz CT molecular complexity index is 381. The second-order valence-electron chi connectivity index (χ2n) is 5.25. The van der Waals surface area contributed by atoms with Crippen LogP contribution in [0.2, 0.25) is 0 Å². The molecule has 2 unspecified atom stereocenters. The van der Waals surface area contributed by atoms with E-state index in [-0.39, 0.29) is 5.82 Å². The van der Waals surface area contributed by atoms with Crippen LogP contribution in [0.1, 0.15) is 25.8 Å². The van der Waals surface area contributed by atoms with Gasteiger partial charge in [0.15, 0.2) is 0 Å². The first-order valence-corrected chi connectivity index (χ1v) is 6.91. The third kappa shape index (κ3) is 3.53. The van der Waals surface area contributed by atoms with Gasteiger partial charge < -0.3 is 5.32 Å². The standard InChI is InChI=1S/C15H23FN2/c1-3-15-10-17-12(2)11-18(15)8-7-13-5-4-6-14(16)9-13/h4-6,9,12,15,17H,3,7-8,10-11H2,1-2H3. The summed E-state index contributed by atoms with van der Waals surface area (Å²) in [6, 6.07) is 8.13. The fourth-order valence-electron chi connectivity index (χ4n) is 2.67. The molecular formula is C15H23FN2. The molecule has 0 saturated carbocycles. The summed E-state index contributed by atoms with van der Waals surface area (Å²) in [5.41, 5.74) is 1.09. The largest absolute Gasteiger partial charge is 0.311 e. The van der Waals surface area contributed by atoms with E-state index in [2.05, 4.69) is 24.1 Å². The number of nitrogens with zero attached hydrogens (tertiary/aromatic N) is 1. The minimum atomic E-state index is -0.131. The first-order chi connectivity index (χ1) is 8.69. The summed E-state index contributed by atoms with van der Waals surface area (Å²) in [7, 11) is 0. The topological polar surface area (TPSA) is 15.3 Å². The summed E-state index contributed by atoms with van der Waals surface area (Å²) in [6.45, 7) is 7.64. The quantitative estimate of drug-likeness (QED) is 0.883. The molecule has 1 N–H and O–H groups in total. The van der Waals surface area contributed by atoms with Crippen LogP contribution in [0, 0.1) is 5.82 Å². The zero-order valence-corrected chi connectivity index (χ0v) is 11.3.